The highest BCUT2D eigenvalue weighted by Gasteiger charge is 2.20. The molecule has 10 heavy (non-hydrogen) atoms. The molecule has 0 bridgehead atoms. The van der Waals surface area contributed by atoms with Gasteiger partial charge < -0.3 is 5.73 Å². The van der Waals surface area contributed by atoms with Crippen LogP contribution in [0, 0.1) is 5.39 Å². The third kappa shape index (κ3) is 0.798. The molecule has 3 N–H and O–H groups in total. The number of diazo groups is 1. The molecule has 0 aliphatic carbocycles. The lowest BCUT2D eigenvalue weighted by Crippen LogP contribution is -2.11. The first-order chi connectivity index (χ1) is 4.75. The van der Waals surface area contributed by atoms with Crippen LogP contribution >= 0.6 is 0 Å². The molecule has 1 heterocycles. The largest absolute Gasteiger partial charge is 0.435 e. The van der Waals surface area contributed by atoms with Crippen molar-refractivity contribution in [3.8, 4) is 0 Å². The fourth-order valence-corrected chi connectivity index (χ4v) is 0.537. The lowest BCUT2D eigenvalue weighted by atomic mass is 10.4. The average molecular weight is 138 g/mol. The van der Waals surface area contributed by atoms with Crippen LogP contribution in [0.2, 0.25) is 0 Å². The van der Waals surface area contributed by atoms with Crippen molar-refractivity contribution in [2.45, 2.75) is 0 Å². The van der Waals surface area contributed by atoms with Gasteiger partial charge in [0.25, 0.3) is 5.91 Å². The van der Waals surface area contributed by atoms with Crippen molar-refractivity contribution in [3.05, 3.63) is 16.9 Å². The van der Waals surface area contributed by atoms with Crippen molar-refractivity contribution in [1.82, 2.24) is 10.2 Å². The Bertz CT molecular complexity index is 295. The Balaban J connectivity index is 3.17. The van der Waals surface area contributed by atoms with E-state index in [-0.39, 0.29) is 11.4 Å². The standard InChI is InChI=1S/C4H3N5O/c5-4(10)3-2(8-6)1-7-9-3/h1H,(H2-,5,7,9,10)/p+1. The number of H-pyrrole nitrogens is 1. The van der Waals surface area contributed by atoms with E-state index in [1.807, 2.05) is 0 Å². The first-order valence-electron chi connectivity index (χ1n) is 2.44. The molecule has 0 fully saturated rings. The summed E-state index contributed by atoms with van der Waals surface area (Å²) in [5.41, 5.74) is 4.90. The van der Waals surface area contributed by atoms with Crippen LogP contribution in [0.1, 0.15) is 10.5 Å². The molecule has 0 aliphatic rings. The fourth-order valence-electron chi connectivity index (χ4n) is 0.537. The molecule has 1 rings (SSSR count). The van der Waals surface area contributed by atoms with E-state index in [4.69, 9.17) is 11.1 Å². The van der Waals surface area contributed by atoms with Crippen LogP contribution in [-0.2, 0) is 0 Å². The van der Waals surface area contributed by atoms with E-state index >= 15 is 0 Å². The Hall–Kier alpha value is -1.90. The number of hydrogen-bond donors (Lipinski definition) is 2. The van der Waals surface area contributed by atoms with E-state index in [2.05, 4.69) is 15.2 Å². The average Bonchev–Trinajstić information content (AvgIpc) is 2.33. The lowest BCUT2D eigenvalue weighted by molar-refractivity contribution is 0.0996. The van der Waals surface area contributed by atoms with Crippen molar-refractivity contribution < 1.29 is 4.79 Å². The van der Waals surface area contributed by atoms with Gasteiger partial charge in [-0.1, -0.05) is 0 Å². The van der Waals surface area contributed by atoms with Crippen LogP contribution in [-0.4, -0.2) is 16.1 Å². The van der Waals surface area contributed by atoms with Crippen molar-refractivity contribution in [3.63, 3.8) is 0 Å². The Morgan fingerprint density at radius 1 is 1.90 bits per heavy atom. The quantitative estimate of drug-likeness (QED) is 0.534. The van der Waals surface area contributed by atoms with Crippen LogP contribution in [0.25, 0.3) is 4.98 Å². The summed E-state index contributed by atoms with van der Waals surface area (Å²) in [7, 11) is 0. The van der Waals surface area contributed by atoms with Gasteiger partial charge in [-0.2, -0.15) is 5.10 Å². The van der Waals surface area contributed by atoms with Gasteiger partial charge in [-0.3, -0.25) is 9.89 Å². The van der Waals surface area contributed by atoms with E-state index in [1.165, 1.54) is 6.20 Å². The van der Waals surface area contributed by atoms with Gasteiger partial charge in [0, 0.05) is 0 Å². The second-order valence-electron chi connectivity index (χ2n) is 1.59. The van der Waals surface area contributed by atoms with Gasteiger partial charge >= 0.3 is 5.69 Å². The Morgan fingerprint density at radius 2 is 2.60 bits per heavy atom. The Labute approximate surface area is 55.7 Å². The van der Waals surface area contributed by atoms with Gasteiger partial charge in [-0.15, -0.1) is 0 Å². The van der Waals surface area contributed by atoms with Gasteiger partial charge in [0.1, 0.15) is 6.20 Å². The van der Waals surface area contributed by atoms with Gasteiger partial charge in [-0.25, -0.2) is 0 Å². The summed E-state index contributed by atoms with van der Waals surface area (Å²) in [6.45, 7) is 0. The van der Waals surface area contributed by atoms with Crippen LogP contribution in [0.4, 0.5) is 5.69 Å². The van der Waals surface area contributed by atoms with E-state index < -0.39 is 5.91 Å². The van der Waals surface area contributed by atoms with E-state index in [1.54, 1.807) is 0 Å². The summed E-state index contributed by atoms with van der Waals surface area (Å²) >= 11 is 0. The van der Waals surface area contributed by atoms with Crippen LogP contribution in [0.3, 0.4) is 0 Å². The maximum atomic E-state index is 10.4. The molecule has 0 saturated carbocycles. The number of carbonyl (C=O) groups excluding carboxylic acids is 1. The zero-order chi connectivity index (χ0) is 7.56. The van der Waals surface area contributed by atoms with E-state index in [0.717, 1.165) is 0 Å². The number of carbonyl (C=O) groups is 1. The monoisotopic (exact) mass is 138 g/mol. The number of nitrogens with zero attached hydrogens (tertiary/aromatic N) is 3. The third-order valence-corrected chi connectivity index (χ3v) is 0.973. The minimum atomic E-state index is -0.703. The summed E-state index contributed by atoms with van der Waals surface area (Å²) in [4.78, 5) is 13.2. The molecule has 1 aromatic heterocycles. The van der Waals surface area contributed by atoms with E-state index in [9.17, 15) is 4.79 Å². The number of aromatic nitrogens is 2. The van der Waals surface area contributed by atoms with Crippen molar-refractivity contribution in [2.75, 3.05) is 0 Å². The third-order valence-electron chi connectivity index (χ3n) is 0.973. The van der Waals surface area contributed by atoms with Gasteiger partial charge in [0.15, 0.2) is 4.98 Å². The first kappa shape index (κ1) is 6.22. The molecule has 1 aromatic rings. The highest BCUT2D eigenvalue weighted by atomic mass is 16.1. The van der Waals surface area contributed by atoms with Gasteiger partial charge in [0.2, 0.25) is 11.1 Å². The molecule has 1 amide bonds. The second kappa shape index (κ2) is 2.14. The summed E-state index contributed by atoms with van der Waals surface area (Å²) in [6.07, 6.45) is 1.19. The van der Waals surface area contributed by atoms with Crippen molar-refractivity contribution in [1.29, 1.82) is 5.39 Å². The smallest absolute Gasteiger partial charge is 0.364 e. The lowest BCUT2D eigenvalue weighted by Gasteiger charge is -1.78. The Kier molecular flexibility index (Phi) is 1.33. The number of hydrogen-bond acceptors (Lipinski definition) is 3. The summed E-state index contributed by atoms with van der Waals surface area (Å²) in [5.74, 6) is -0.703. The number of primary amides is 1. The summed E-state index contributed by atoms with van der Waals surface area (Å²) in [5, 5.41) is 13.9. The van der Waals surface area contributed by atoms with Crippen LogP contribution < -0.4 is 5.73 Å². The number of nitrogens with two attached hydrogens (primary N) is 1. The van der Waals surface area contributed by atoms with Crippen molar-refractivity contribution >= 4 is 11.6 Å². The SMILES string of the molecule is N#[N+]c1cn[nH]c1C(N)=O. The van der Waals surface area contributed by atoms with Crippen LogP contribution in [0.5, 0.6) is 0 Å². The number of amides is 1. The maximum Gasteiger partial charge on any atom is 0.435 e. The van der Waals surface area contributed by atoms with Crippen LogP contribution in [0.15, 0.2) is 6.20 Å². The highest BCUT2D eigenvalue weighted by Crippen LogP contribution is 2.13. The molecule has 0 unspecified atom stereocenters. The predicted octanol–water partition coefficient (Wildman–Crippen LogP) is -0.00682. The molecular formula is C4H4N5O+. The molecule has 0 aliphatic heterocycles. The number of aromatic amines is 1. The predicted molar refractivity (Wildman–Crippen MR) is 31.8 cm³/mol. The molecule has 0 saturated heterocycles. The van der Waals surface area contributed by atoms with Gasteiger partial charge in [-0.05, 0) is 0 Å². The number of rotatable bonds is 1. The molecule has 6 heteroatoms. The topological polar surface area (TPSA) is 99.9 Å². The second-order valence-corrected chi connectivity index (χ2v) is 1.59. The van der Waals surface area contributed by atoms with E-state index in [0.29, 0.717) is 0 Å². The van der Waals surface area contributed by atoms with Crippen molar-refractivity contribution in [2.24, 2.45) is 5.73 Å². The molecule has 0 aromatic carbocycles. The van der Waals surface area contributed by atoms with Gasteiger partial charge in [0.05, 0.1) is 0 Å². The highest BCUT2D eigenvalue weighted by molar-refractivity contribution is 5.96. The minimum Gasteiger partial charge on any atom is -0.364 e. The molecule has 0 spiro atoms. The fraction of sp³-hybridized carbons (Fsp3) is 0. The molecule has 0 atom stereocenters. The maximum absolute atomic E-state index is 10.4. The zero-order valence-corrected chi connectivity index (χ0v) is 4.90. The first-order valence-corrected chi connectivity index (χ1v) is 2.44. The number of nitrogens with one attached hydrogen (secondary N) is 1. The molecule has 6 nitrogen and oxygen atoms in total. The summed E-state index contributed by atoms with van der Waals surface area (Å²) < 4.78 is 0. The Morgan fingerprint density at radius 3 is 3.00 bits per heavy atom. The minimum absolute atomic E-state index is 0.00231. The molecule has 0 radical (unpaired) electrons. The molecular weight excluding hydrogens is 134 g/mol. The normalized spacial score (nSPS) is 8.70. The molecule has 50 valence electrons. The zero-order valence-electron chi connectivity index (χ0n) is 4.90. The summed E-state index contributed by atoms with van der Waals surface area (Å²) in [6, 6.07) is 0.